The smallest absolute Gasteiger partial charge is 0.264 e. The van der Waals surface area contributed by atoms with Gasteiger partial charge in [0.25, 0.3) is 10.1 Å². The zero-order valence-corrected chi connectivity index (χ0v) is 23.7. The lowest BCUT2D eigenvalue weighted by atomic mass is 10.0. The van der Waals surface area contributed by atoms with Gasteiger partial charge in [0.2, 0.25) is 5.91 Å². The zero-order chi connectivity index (χ0) is 29.0. The number of amides is 1. The Bertz CT molecular complexity index is 1680. The number of benzene rings is 2. The molecule has 0 aliphatic carbocycles. The van der Waals surface area contributed by atoms with Gasteiger partial charge in [-0.3, -0.25) is 13.8 Å². The van der Waals surface area contributed by atoms with Crippen molar-refractivity contribution < 1.29 is 26.9 Å². The highest BCUT2D eigenvalue weighted by atomic mass is 35.5. The largest absolute Gasteiger partial charge is 0.457 e. The first-order valence-corrected chi connectivity index (χ1v) is 15.2. The van der Waals surface area contributed by atoms with Crippen LogP contribution in [-0.4, -0.2) is 72.0 Å². The highest BCUT2D eigenvalue weighted by molar-refractivity contribution is 7.86. The van der Waals surface area contributed by atoms with Crippen molar-refractivity contribution >= 4 is 50.3 Å². The molecule has 0 spiro atoms. The molecule has 0 radical (unpaired) electrons. The quantitative estimate of drug-likeness (QED) is 0.212. The molecule has 3 heterocycles. The number of halogens is 1. The molecule has 41 heavy (non-hydrogen) atoms. The van der Waals surface area contributed by atoms with E-state index in [1.165, 1.54) is 6.33 Å². The van der Waals surface area contributed by atoms with Crippen LogP contribution >= 0.6 is 11.6 Å². The molecule has 4 aromatic rings. The van der Waals surface area contributed by atoms with Crippen LogP contribution in [0.1, 0.15) is 35.2 Å². The van der Waals surface area contributed by atoms with E-state index >= 15 is 0 Å². The summed E-state index contributed by atoms with van der Waals surface area (Å²) in [7, 11) is -3.73. The number of aromatic nitrogens is 3. The molecule has 214 valence electrons. The number of para-hydroxylation sites is 1. The number of aromatic amines is 1. The van der Waals surface area contributed by atoms with Crippen molar-refractivity contribution in [3.8, 4) is 11.5 Å². The summed E-state index contributed by atoms with van der Waals surface area (Å²) < 4.78 is 33.2. The number of likely N-dealkylation sites (tertiary alicyclic amines) is 1. The minimum absolute atomic E-state index is 0.200. The van der Waals surface area contributed by atoms with Crippen LogP contribution in [0.15, 0.2) is 61.1 Å². The molecule has 2 aromatic heterocycles. The van der Waals surface area contributed by atoms with E-state index < -0.39 is 22.6 Å². The topological polar surface area (TPSA) is 144 Å². The minimum atomic E-state index is -3.73. The van der Waals surface area contributed by atoms with Gasteiger partial charge >= 0.3 is 0 Å². The van der Waals surface area contributed by atoms with Gasteiger partial charge in [-0.05, 0) is 43.5 Å². The van der Waals surface area contributed by atoms with Crippen molar-refractivity contribution in [3.63, 3.8) is 0 Å². The lowest BCUT2D eigenvalue weighted by Gasteiger charge is -2.25. The number of fused-ring (bicyclic) bond motifs is 1. The second kappa shape index (κ2) is 12.2. The first-order chi connectivity index (χ1) is 19.7. The monoisotopic (exact) mass is 597 g/mol. The number of H-pyrrole nitrogens is 1. The molecule has 11 nitrogen and oxygen atoms in total. The van der Waals surface area contributed by atoms with Crippen molar-refractivity contribution in [1.82, 2.24) is 19.9 Å². The molecule has 2 N–H and O–H groups in total. The molecule has 1 aliphatic rings. The predicted molar refractivity (Wildman–Crippen MR) is 154 cm³/mol. The van der Waals surface area contributed by atoms with Gasteiger partial charge in [-0.15, -0.1) is 0 Å². The van der Waals surface area contributed by atoms with Crippen molar-refractivity contribution in [3.05, 3.63) is 77.2 Å². The van der Waals surface area contributed by atoms with Gasteiger partial charge in [0.15, 0.2) is 5.78 Å². The van der Waals surface area contributed by atoms with Crippen LogP contribution in [-0.2, 0) is 19.1 Å². The number of carbonyl (C=O) groups excluding carboxylic acids is 2. The van der Waals surface area contributed by atoms with Gasteiger partial charge in [-0.2, -0.15) is 8.42 Å². The average Bonchev–Trinajstić information content (AvgIpc) is 3.25. The molecule has 1 unspecified atom stereocenters. The molecule has 1 atom stereocenters. The molecule has 2 aromatic carbocycles. The highest BCUT2D eigenvalue weighted by Crippen LogP contribution is 2.32. The molecule has 1 aliphatic heterocycles. The van der Waals surface area contributed by atoms with Crippen LogP contribution in [0.25, 0.3) is 11.0 Å². The molecule has 0 bridgehead atoms. The normalized spacial score (nSPS) is 15.9. The first-order valence-electron chi connectivity index (χ1n) is 13.0. The summed E-state index contributed by atoms with van der Waals surface area (Å²) in [4.78, 5) is 39.6. The summed E-state index contributed by atoms with van der Waals surface area (Å²) in [6.07, 6.45) is 6.21. The van der Waals surface area contributed by atoms with E-state index in [4.69, 9.17) is 20.5 Å². The highest BCUT2D eigenvalue weighted by Gasteiger charge is 2.26. The summed E-state index contributed by atoms with van der Waals surface area (Å²) in [5, 5.41) is 4.11. The third-order valence-electron chi connectivity index (χ3n) is 6.64. The Morgan fingerprint density at radius 2 is 1.90 bits per heavy atom. The second-order valence-electron chi connectivity index (χ2n) is 9.68. The maximum atomic E-state index is 13.7. The van der Waals surface area contributed by atoms with Gasteiger partial charge in [-0.25, -0.2) is 9.97 Å². The Morgan fingerprint density at radius 3 is 2.66 bits per heavy atom. The molecule has 5 rings (SSSR count). The number of carbonyl (C=O) groups is 2. The van der Waals surface area contributed by atoms with Crippen molar-refractivity contribution in [2.45, 2.75) is 25.3 Å². The van der Waals surface area contributed by atoms with Crippen molar-refractivity contribution in [2.24, 2.45) is 0 Å². The molecular formula is C28H28ClN5O6S. The van der Waals surface area contributed by atoms with E-state index in [2.05, 4.69) is 20.3 Å². The van der Waals surface area contributed by atoms with Gasteiger partial charge in [0, 0.05) is 37.0 Å². The van der Waals surface area contributed by atoms with E-state index in [1.54, 1.807) is 29.3 Å². The zero-order valence-electron chi connectivity index (χ0n) is 22.2. The van der Waals surface area contributed by atoms with Crippen LogP contribution in [0.3, 0.4) is 0 Å². The lowest BCUT2D eigenvalue weighted by molar-refractivity contribution is -0.133. The molecular weight excluding hydrogens is 570 g/mol. The number of anilines is 1. The first kappa shape index (κ1) is 28.5. The lowest BCUT2D eigenvalue weighted by Crippen LogP contribution is -2.41. The van der Waals surface area contributed by atoms with Crippen LogP contribution in [0.5, 0.6) is 11.5 Å². The predicted octanol–water partition coefficient (Wildman–Crippen LogP) is 4.40. The summed E-state index contributed by atoms with van der Waals surface area (Å²) in [5.41, 5.74) is 1.10. The SMILES string of the molecule is CS(=O)(=O)OCC(=O)N1CCCCC(Nc2ncnc3[nH]cc(C(=O)c4ccc(Oc5ccccc5)cc4Cl)c23)C1. The molecule has 13 heteroatoms. The fraction of sp³-hybridized carbons (Fsp3) is 0.286. The van der Waals surface area contributed by atoms with Gasteiger partial charge < -0.3 is 19.9 Å². The second-order valence-corrected chi connectivity index (χ2v) is 11.7. The van der Waals surface area contributed by atoms with Gasteiger partial charge in [-0.1, -0.05) is 29.8 Å². The summed E-state index contributed by atoms with van der Waals surface area (Å²) >= 11 is 6.53. The third-order valence-corrected chi connectivity index (χ3v) is 7.50. The maximum absolute atomic E-state index is 13.7. The third kappa shape index (κ3) is 7.02. The Labute approximate surface area is 242 Å². The minimum Gasteiger partial charge on any atom is -0.457 e. The Balaban J connectivity index is 1.36. The Hall–Kier alpha value is -4.00. The van der Waals surface area contributed by atoms with Gasteiger partial charge in [0.05, 0.1) is 22.2 Å². The summed E-state index contributed by atoms with van der Waals surface area (Å²) in [5.74, 6) is 0.849. The number of hydrogen-bond donors (Lipinski definition) is 2. The van der Waals surface area contributed by atoms with E-state index in [1.807, 2.05) is 30.3 Å². The number of ketones is 1. The molecule has 0 saturated carbocycles. The van der Waals surface area contributed by atoms with E-state index in [0.717, 1.165) is 25.5 Å². The van der Waals surface area contributed by atoms with Crippen LogP contribution in [0.2, 0.25) is 5.02 Å². The number of hydrogen-bond acceptors (Lipinski definition) is 9. The van der Waals surface area contributed by atoms with Crippen LogP contribution < -0.4 is 10.1 Å². The average molecular weight is 598 g/mol. The van der Waals surface area contributed by atoms with E-state index in [0.29, 0.717) is 52.6 Å². The Kier molecular flexibility index (Phi) is 8.52. The number of nitrogens with zero attached hydrogens (tertiary/aromatic N) is 3. The molecule has 1 amide bonds. The van der Waals surface area contributed by atoms with Crippen molar-refractivity contribution in [2.75, 3.05) is 31.3 Å². The standard InChI is InChI=1S/C28H28ClN5O6S/c1-41(37,38)39-16-24(35)34-12-6-5-7-18(15-34)33-28-25-22(14-30-27(25)31-17-32-28)26(36)21-11-10-20(13-23(21)29)40-19-8-3-2-4-9-19/h2-4,8-11,13-14,17-18H,5-7,12,15-16H2,1H3,(H2,30,31,32,33). The van der Waals surface area contributed by atoms with E-state index in [9.17, 15) is 18.0 Å². The maximum Gasteiger partial charge on any atom is 0.264 e. The number of rotatable bonds is 9. The van der Waals surface area contributed by atoms with E-state index in [-0.39, 0.29) is 16.8 Å². The van der Waals surface area contributed by atoms with Crippen molar-refractivity contribution in [1.29, 1.82) is 0 Å². The Morgan fingerprint density at radius 1 is 1.10 bits per heavy atom. The molecule has 1 saturated heterocycles. The number of nitrogens with one attached hydrogen (secondary N) is 2. The van der Waals surface area contributed by atoms with Crippen LogP contribution in [0, 0.1) is 0 Å². The molecule has 1 fully saturated rings. The summed E-state index contributed by atoms with van der Waals surface area (Å²) in [6.45, 7) is 0.259. The fourth-order valence-corrected chi connectivity index (χ4v) is 5.26. The van der Waals surface area contributed by atoms with Gasteiger partial charge in [0.1, 0.15) is 35.9 Å². The summed E-state index contributed by atoms with van der Waals surface area (Å²) in [6, 6.07) is 13.9. The number of ether oxygens (including phenoxy) is 1. The van der Waals surface area contributed by atoms with Crippen LogP contribution in [0.4, 0.5) is 5.82 Å². The fourth-order valence-electron chi connectivity index (χ4n) is 4.69.